The Kier molecular flexibility index (Phi) is 4.00. The van der Waals surface area contributed by atoms with Gasteiger partial charge in [0.25, 0.3) is 0 Å². The molecule has 0 aliphatic heterocycles. The van der Waals surface area contributed by atoms with E-state index in [-0.39, 0.29) is 11.9 Å². The lowest BCUT2D eigenvalue weighted by Gasteiger charge is -2.22. The number of carbonyl (C=O) groups is 2. The third-order valence-electron chi connectivity index (χ3n) is 3.22. The first-order valence-corrected chi connectivity index (χ1v) is 6.23. The number of hydrogen-bond acceptors (Lipinski definition) is 3. The van der Waals surface area contributed by atoms with Gasteiger partial charge in [0, 0.05) is 19.2 Å². The molecule has 0 atom stereocenters. The number of methoxy groups -OCH3 is 1. The van der Waals surface area contributed by atoms with Crippen molar-refractivity contribution in [3.63, 3.8) is 0 Å². The zero-order chi connectivity index (χ0) is 13.8. The summed E-state index contributed by atoms with van der Waals surface area (Å²) in [5, 5.41) is 0. The highest BCUT2D eigenvalue weighted by molar-refractivity contribution is 5.94. The van der Waals surface area contributed by atoms with Gasteiger partial charge < -0.3 is 9.64 Å². The molecule has 0 N–H and O–H groups in total. The molecule has 19 heavy (non-hydrogen) atoms. The highest BCUT2D eigenvalue weighted by atomic mass is 16.5. The lowest BCUT2D eigenvalue weighted by atomic mass is 9.98. The van der Waals surface area contributed by atoms with Crippen LogP contribution in [0.4, 0.5) is 0 Å². The number of hydrogen-bond donors (Lipinski definition) is 0. The van der Waals surface area contributed by atoms with Gasteiger partial charge in [0.15, 0.2) is 0 Å². The number of carbonyl (C=O) groups excluding carboxylic acids is 2. The fourth-order valence-electron chi connectivity index (χ4n) is 1.94. The molecule has 1 aliphatic carbocycles. The van der Waals surface area contributed by atoms with Crippen LogP contribution in [0.3, 0.4) is 0 Å². The van der Waals surface area contributed by atoms with E-state index in [0.29, 0.717) is 12.1 Å². The Hall–Kier alpha value is -2.10. The van der Waals surface area contributed by atoms with Gasteiger partial charge in [0.05, 0.1) is 12.7 Å². The van der Waals surface area contributed by atoms with E-state index >= 15 is 0 Å². The molecule has 0 bridgehead atoms. The normalized spacial score (nSPS) is 13.3. The van der Waals surface area contributed by atoms with Gasteiger partial charge in [-0.25, -0.2) is 4.79 Å². The number of likely N-dealkylation sites (N-methyl/N-ethyl adjacent to an activating group) is 1. The Balaban J connectivity index is 1.99. The molecule has 0 spiro atoms. The van der Waals surface area contributed by atoms with E-state index in [9.17, 15) is 9.59 Å². The summed E-state index contributed by atoms with van der Waals surface area (Å²) in [5.41, 5.74) is 2.40. The lowest BCUT2D eigenvalue weighted by Crippen LogP contribution is -2.29. The van der Waals surface area contributed by atoms with E-state index < -0.39 is 0 Å². The molecule has 1 aromatic carbocycles. The number of ether oxygens (including phenoxy) is 1. The summed E-state index contributed by atoms with van der Waals surface area (Å²) in [7, 11) is 3.14. The molecule has 0 aromatic heterocycles. The smallest absolute Gasteiger partial charge is 0.337 e. The van der Waals surface area contributed by atoms with Crippen LogP contribution in [0.25, 0.3) is 0 Å². The van der Waals surface area contributed by atoms with Gasteiger partial charge in [-0.15, -0.1) is 0 Å². The average molecular weight is 259 g/mol. The predicted molar refractivity (Wildman–Crippen MR) is 71.6 cm³/mol. The Morgan fingerprint density at radius 3 is 2.37 bits per heavy atom. The van der Waals surface area contributed by atoms with Crippen LogP contribution in [0, 0.1) is 0 Å². The second-order valence-corrected chi connectivity index (χ2v) is 4.62. The third-order valence-corrected chi connectivity index (χ3v) is 3.22. The van der Waals surface area contributed by atoms with Gasteiger partial charge in [0.2, 0.25) is 5.91 Å². The second-order valence-electron chi connectivity index (χ2n) is 4.62. The maximum Gasteiger partial charge on any atom is 0.337 e. The molecule has 4 heteroatoms. The molecule has 0 heterocycles. The van der Waals surface area contributed by atoms with Crippen LogP contribution in [-0.2, 0) is 16.1 Å². The fraction of sp³-hybridized carbons (Fsp3) is 0.333. The van der Waals surface area contributed by atoms with E-state index in [1.165, 1.54) is 7.11 Å². The summed E-state index contributed by atoms with van der Waals surface area (Å²) >= 11 is 0. The monoisotopic (exact) mass is 259 g/mol. The molecule has 2 rings (SSSR count). The van der Waals surface area contributed by atoms with Gasteiger partial charge in [-0.1, -0.05) is 18.2 Å². The molecule has 0 radical (unpaired) electrons. The van der Waals surface area contributed by atoms with E-state index in [1.807, 2.05) is 18.2 Å². The lowest BCUT2D eigenvalue weighted by molar-refractivity contribution is -0.126. The predicted octanol–water partition coefficient (Wildman–Crippen LogP) is 2.15. The van der Waals surface area contributed by atoms with Crippen molar-refractivity contribution < 1.29 is 14.3 Å². The number of nitrogens with zero attached hydrogens (tertiary/aromatic N) is 1. The zero-order valence-corrected chi connectivity index (χ0v) is 11.2. The molecular formula is C15H17NO3. The van der Waals surface area contributed by atoms with Crippen molar-refractivity contribution in [2.75, 3.05) is 14.2 Å². The molecule has 0 unspecified atom stereocenters. The van der Waals surface area contributed by atoms with Gasteiger partial charge in [-0.2, -0.15) is 0 Å². The van der Waals surface area contributed by atoms with Crippen molar-refractivity contribution in [3.05, 3.63) is 47.0 Å². The minimum absolute atomic E-state index is 0.0864. The minimum atomic E-state index is -0.351. The van der Waals surface area contributed by atoms with Gasteiger partial charge in [0.1, 0.15) is 0 Å². The van der Waals surface area contributed by atoms with Crippen LogP contribution in [0.1, 0.15) is 28.8 Å². The third kappa shape index (κ3) is 3.02. The number of amides is 1. The second kappa shape index (κ2) is 5.69. The summed E-state index contributed by atoms with van der Waals surface area (Å²) < 4.78 is 4.64. The Morgan fingerprint density at radius 2 is 1.89 bits per heavy atom. The van der Waals surface area contributed by atoms with E-state index in [1.54, 1.807) is 24.1 Å². The number of allylic oxidation sites excluding steroid dienone is 1. The molecule has 0 fully saturated rings. The highest BCUT2D eigenvalue weighted by Crippen LogP contribution is 2.20. The van der Waals surface area contributed by atoms with Crippen molar-refractivity contribution in [1.82, 2.24) is 4.90 Å². The molecule has 1 amide bonds. The topological polar surface area (TPSA) is 46.6 Å². The summed E-state index contributed by atoms with van der Waals surface area (Å²) in [6, 6.07) is 7.10. The Bertz CT molecular complexity index is 517. The van der Waals surface area contributed by atoms with Crippen LogP contribution in [0.15, 0.2) is 35.9 Å². The Labute approximate surface area is 112 Å². The number of benzene rings is 1. The van der Waals surface area contributed by atoms with Gasteiger partial charge in [-0.05, 0) is 30.5 Å². The largest absolute Gasteiger partial charge is 0.465 e. The van der Waals surface area contributed by atoms with Crippen LogP contribution >= 0.6 is 0 Å². The first-order valence-electron chi connectivity index (χ1n) is 6.23. The van der Waals surface area contributed by atoms with Crippen LogP contribution in [-0.4, -0.2) is 30.9 Å². The van der Waals surface area contributed by atoms with Gasteiger partial charge >= 0.3 is 5.97 Å². The van der Waals surface area contributed by atoms with Crippen molar-refractivity contribution in [3.8, 4) is 0 Å². The van der Waals surface area contributed by atoms with Crippen molar-refractivity contribution in [2.45, 2.75) is 19.4 Å². The maximum atomic E-state index is 11.9. The molecule has 100 valence electrons. The minimum Gasteiger partial charge on any atom is -0.465 e. The molecule has 1 aromatic rings. The van der Waals surface area contributed by atoms with Crippen molar-refractivity contribution in [2.24, 2.45) is 0 Å². The van der Waals surface area contributed by atoms with Crippen molar-refractivity contribution in [1.29, 1.82) is 0 Å². The van der Waals surface area contributed by atoms with Crippen molar-refractivity contribution >= 4 is 11.9 Å². The molecule has 1 aliphatic rings. The summed E-state index contributed by atoms with van der Waals surface area (Å²) in [4.78, 5) is 24.9. The quantitative estimate of drug-likeness (QED) is 0.778. The maximum absolute atomic E-state index is 11.9. The first-order chi connectivity index (χ1) is 9.11. The standard InChI is InChI=1S/C15H17NO3/c1-16(14(17)12-4-3-5-12)10-11-6-8-13(9-7-11)15(18)19-2/h4,6-9H,3,5,10H2,1-2H3. The summed E-state index contributed by atoms with van der Waals surface area (Å²) in [6.07, 6.45) is 3.85. The average Bonchev–Trinajstić information content (AvgIpc) is 2.36. The number of esters is 1. The fourth-order valence-corrected chi connectivity index (χ4v) is 1.94. The van der Waals surface area contributed by atoms with E-state index in [2.05, 4.69) is 4.74 Å². The number of rotatable bonds is 4. The zero-order valence-electron chi connectivity index (χ0n) is 11.2. The Morgan fingerprint density at radius 1 is 1.26 bits per heavy atom. The molecule has 0 saturated heterocycles. The molecular weight excluding hydrogens is 242 g/mol. The SMILES string of the molecule is COC(=O)c1ccc(CN(C)C(=O)C2=CCC2)cc1. The molecule has 0 saturated carbocycles. The summed E-state index contributed by atoms with van der Waals surface area (Å²) in [6.45, 7) is 0.539. The highest BCUT2D eigenvalue weighted by Gasteiger charge is 2.18. The van der Waals surface area contributed by atoms with Crippen LogP contribution in [0.5, 0.6) is 0 Å². The van der Waals surface area contributed by atoms with E-state index in [0.717, 1.165) is 24.0 Å². The van der Waals surface area contributed by atoms with E-state index in [4.69, 9.17) is 0 Å². The summed E-state index contributed by atoms with van der Waals surface area (Å²) in [5.74, 6) is -0.265. The van der Waals surface area contributed by atoms with Gasteiger partial charge in [-0.3, -0.25) is 4.79 Å². The van der Waals surface area contributed by atoms with Crippen LogP contribution in [0.2, 0.25) is 0 Å². The molecule has 4 nitrogen and oxygen atoms in total. The first kappa shape index (κ1) is 13.3. The van der Waals surface area contributed by atoms with Crippen LogP contribution < -0.4 is 0 Å².